The van der Waals surface area contributed by atoms with Gasteiger partial charge < -0.3 is 4.42 Å². The van der Waals surface area contributed by atoms with E-state index in [4.69, 9.17) is 16.0 Å². The lowest BCUT2D eigenvalue weighted by molar-refractivity contribution is 0.101. The minimum absolute atomic E-state index is 0.108. The lowest BCUT2D eigenvalue weighted by Crippen LogP contribution is -1.98. The fourth-order valence-electron chi connectivity index (χ4n) is 1.86. The summed E-state index contributed by atoms with van der Waals surface area (Å²) >= 11 is 7.48. The minimum Gasteiger partial charge on any atom is -0.461 e. The Kier molecular flexibility index (Phi) is 4.13. The van der Waals surface area contributed by atoms with E-state index < -0.39 is 0 Å². The van der Waals surface area contributed by atoms with E-state index >= 15 is 0 Å². The number of hydrogen-bond acceptors (Lipinski definition) is 3. The highest BCUT2D eigenvalue weighted by molar-refractivity contribution is 7.99. The summed E-state index contributed by atoms with van der Waals surface area (Å²) in [7, 11) is 0. The summed E-state index contributed by atoms with van der Waals surface area (Å²) in [6.07, 6.45) is 1.50. The van der Waals surface area contributed by atoms with Crippen LogP contribution in [-0.2, 0) is 0 Å². The Bertz CT molecular complexity index is 731. The van der Waals surface area contributed by atoms with Gasteiger partial charge in [-0.15, -0.1) is 0 Å². The highest BCUT2D eigenvalue weighted by atomic mass is 35.5. The van der Waals surface area contributed by atoms with Gasteiger partial charge in [0.1, 0.15) is 0 Å². The first-order valence-electron chi connectivity index (χ1n) is 6.34. The quantitative estimate of drug-likeness (QED) is 0.611. The van der Waals surface area contributed by atoms with Gasteiger partial charge in [-0.1, -0.05) is 23.4 Å². The monoisotopic (exact) mass is 314 g/mol. The van der Waals surface area contributed by atoms with Crippen molar-refractivity contribution in [3.63, 3.8) is 0 Å². The van der Waals surface area contributed by atoms with Crippen LogP contribution in [0.2, 0.25) is 5.02 Å². The van der Waals surface area contributed by atoms with Crippen molar-refractivity contribution in [1.82, 2.24) is 0 Å². The number of hydrogen-bond donors (Lipinski definition) is 0. The number of carbonyl (C=O) groups excluding carboxylic acids is 1. The largest absolute Gasteiger partial charge is 0.461 e. The Hall–Kier alpha value is -1.97. The Labute approximate surface area is 131 Å². The van der Waals surface area contributed by atoms with Crippen molar-refractivity contribution in [3.05, 3.63) is 83.3 Å². The van der Waals surface area contributed by atoms with E-state index in [1.165, 1.54) is 6.26 Å². The highest BCUT2D eigenvalue weighted by Crippen LogP contribution is 2.29. The minimum atomic E-state index is -0.108. The average molecular weight is 315 g/mol. The molecule has 4 heteroatoms. The zero-order valence-corrected chi connectivity index (χ0v) is 12.5. The summed E-state index contributed by atoms with van der Waals surface area (Å²) in [5, 5.41) is 0.721. The van der Waals surface area contributed by atoms with Crippen LogP contribution in [0.3, 0.4) is 0 Å². The molecule has 0 atom stereocenters. The van der Waals surface area contributed by atoms with Crippen LogP contribution in [0.4, 0.5) is 0 Å². The molecule has 0 aliphatic heterocycles. The van der Waals surface area contributed by atoms with E-state index in [1.807, 2.05) is 48.5 Å². The highest BCUT2D eigenvalue weighted by Gasteiger charge is 2.11. The molecule has 3 rings (SSSR count). The van der Waals surface area contributed by atoms with Crippen LogP contribution < -0.4 is 0 Å². The molecule has 0 radical (unpaired) electrons. The summed E-state index contributed by atoms with van der Waals surface area (Å²) in [5.41, 5.74) is 0.616. The van der Waals surface area contributed by atoms with Gasteiger partial charge in [-0.3, -0.25) is 4.79 Å². The summed E-state index contributed by atoms with van der Waals surface area (Å²) in [6, 6.07) is 18.5. The van der Waals surface area contributed by atoms with E-state index in [9.17, 15) is 4.79 Å². The Morgan fingerprint density at radius 1 is 0.905 bits per heavy atom. The molecule has 0 aliphatic carbocycles. The van der Waals surface area contributed by atoms with Crippen LogP contribution in [0.15, 0.2) is 81.1 Å². The van der Waals surface area contributed by atoms with E-state index in [1.54, 1.807) is 23.9 Å². The number of halogens is 1. The van der Waals surface area contributed by atoms with E-state index in [-0.39, 0.29) is 5.78 Å². The molecule has 0 fully saturated rings. The third-order valence-corrected chi connectivity index (χ3v) is 4.18. The van der Waals surface area contributed by atoms with Gasteiger partial charge >= 0.3 is 0 Å². The van der Waals surface area contributed by atoms with Gasteiger partial charge in [0.25, 0.3) is 0 Å². The second kappa shape index (κ2) is 6.20. The molecular formula is C17H11ClO2S. The molecule has 104 valence electrons. The third kappa shape index (κ3) is 3.38. The molecule has 21 heavy (non-hydrogen) atoms. The van der Waals surface area contributed by atoms with Gasteiger partial charge in [-0.2, -0.15) is 0 Å². The number of rotatable bonds is 4. The Morgan fingerprint density at radius 2 is 1.52 bits per heavy atom. The maximum Gasteiger partial charge on any atom is 0.228 e. The topological polar surface area (TPSA) is 30.2 Å². The molecule has 1 heterocycles. The molecule has 2 aromatic carbocycles. The number of carbonyl (C=O) groups is 1. The summed E-state index contributed by atoms with van der Waals surface area (Å²) in [5.74, 6) is 0.246. The smallest absolute Gasteiger partial charge is 0.228 e. The van der Waals surface area contributed by atoms with Crippen molar-refractivity contribution in [2.24, 2.45) is 0 Å². The molecule has 0 unspecified atom stereocenters. The molecular weight excluding hydrogens is 304 g/mol. The van der Waals surface area contributed by atoms with Gasteiger partial charge in [-0.05, 0) is 60.7 Å². The molecule has 0 N–H and O–H groups in total. The molecule has 2 nitrogen and oxygen atoms in total. The maximum atomic E-state index is 12.1. The predicted octanol–water partition coefficient (Wildman–Crippen LogP) is 5.32. The van der Waals surface area contributed by atoms with Crippen LogP contribution in [0.5, 0.6) is 0 Å². The van der Waals surface area contributed by atoms with Crippen LogP contribution in [-0.4, -0.2) is 5.78 Å². The zero-order chi connectivity index (χ0) is 14.7. The Balaban J connectivity index is 1.75. The number of benzene rings is 2. The molecule has 0 spiro atoms. The van der Waals surface area contributed by atoms with Crippen LogP contribution in [0, 0.1) is 0 Å². The lowest BCUT2D eigenvalue weighted by Gasteiger charge is -2.03. The molecule has 3 aromatic rings. The van der Waals surface area contributed by atoms with Crippen molar-refractivity contribution in [1.29, 1.82) is 0 Å². The molecule has 0 amide bonds. The SMILES string of the molecule is O=C(c1ccc(Sc2ccc(Cl)cc2)cc1)c1ccco1. The van der Waals surface area contributed by atoms with Crippen molar-refractivity contribution >= 4 is 29.1 Å². The predicted molar refractivity (Wildman–Crippen MR) is 84.2 cm³/mol. The maximum absolute atomic E-state index is 12.1. The molecule has 0 bridgehead atoms. The van der Waals surface area contributed by atoms with Crippen molar-refractivity contribution < 1.29 is 9.21 Å². The first kappa shape index (κ1) is 14.0. The fraction of sp³-hybridized carbons (Fsp3) is 0. The van der Waals surface area contributed by atoms with E-state index in [2.05, 4.69) is 0 Å². The molecule has 0 aliphatic rings. The van der Waals surface area contributed by atoms with Gasteiger partial charge in [-0.25, -0.2) is 0 Å². The summed E-state index contributed by atoms with van der Waals surface area (Å²) in [6.45, 7) is 0. The van der Waals surface area contributed by atoms with Gasteiger partial charge in [0.05, 0.1) is 6.26 Å². The van der Waals surface area contributed by atoms with Crippen LogP contribution >= 0.6 is 23.4 Å². The third-order valence-electron chi connectivity index (χ3n) is 2.91. The van der Waals surface area contributed by atoms with Gasteiger partial charge in [0.15, 0.2) is 5.76 Å². The van der Waals surface area contributed by atoms with Crippen molar-refractivity contribution in [3.8, 4) is 0 Å². The second-order valence-electron chi connectivity index (χ2n) is 4.39. The molecule has 1 aromatic heterocycles. The second-order valence-corrected chi connectivity index (χ2v) is 5.97. The number of ketones is 1. The lowest BCUT2D eigenvalue weighted by atomic mass is 10.1. The van der Waals surface area contributed by atoms with Gasteiger partial charge in [0, 0.05) is 20.4 Å². The molecule has 0 saturated heterocycles. The number of furan rings is 1. The molecule has 0 saturated carbocycles. The van der Waals surface area contributed by atoms with Crippen molar-refractivity contribution in [2.45, 2.75) is 9.79 Å². The first-order valence-corrected chi connectivity index (χ1v) is 7.53. The summed E-state index contributed by atoms with van der Waals surface area (Å²) in [4.78, 5) is 14.3. The van der Waals surface area contributed by atoms with Gasteiger partial charge in [0.2, 0.25) is 5.78 Å². The first-order chi connectivity index (χ1) is 10.2. The van der Waals surface area contributed by atoms with Crippen LogP contribution in [0.1, 0.15) is 16.1 Å². The van der Waals surface area contributed by atoms with Crippen molar-refractivity contribution in [2.75, 3.05) is 0 Å². The van der Waals surface area contributed by atoms with E-state index in [0.29, 0.717) is 11.3 Å². The normalized spacial score (nSPS) is 10.5. The van der Waals surface area contributed by atoms with E-state index in [0.717, 1.165) is 14.8 Å². The summed E-state index contributed by atoms with van der Waals surface area (Å²) < 4.78 is 5.12. The van der Waals surface area contributed by atoms with Crippen LogP contribution in [0.25, 0.3) is 0 Å². The Morgan fingerprint density at radius 3 is 2.10 bits per heavy atom. The standard InChI is InChI=1S/C17H11ClO2S/c18-13-5-9-15(10-6-13)21-14-7-3-12(4-8-14)17(19)16-2-1-11-20-16/h1-11H. The average Bonchev–Trinajstić information content (AvgIpc) is 3.04. The zero-order valence-electron chi connectivity index (χ0n) is 11.0. The fourth-order valence-corrected chi connectivity index (χ4v) is 2.81.